The van der Waals surface area contributed by atoms with Gasteiger partial charge in [0.05, 0.1) is 10.4 Å². The smallest absolute Gasteiger partial charge is 0.222 e. The summed E-state index contributed by atoms with van der Waals surface area (Å²) in [5.41, 5.74) is 2.21. The summed E-state index contributed by atoms with van der Waals surface area (Å²) in [5.74, 6) is 0.0197. The Bertz CT molecular complexity index is 327. The topological polar surface area (TPSA) is 30.0 Å². The largest absolute Gasteiger partial charge is 0.286 e. The van der Waals surface area contributed by atoms with Crippen molar-refractivity contribution in [3.63, 3.8) is 0 Å². The molecule has 0 aromatic carbocycles. The standard InChI is InChI=1S/C8H5NOS2/c10-8(6-4-11-5-9-6)7-2-1-3-12-7/h1-5H. The minimum atomic E-state index is 0.0197. The van der Waals surface area contributed by atoms with Crippen molar-refractivity contribution in [1.82, 2.24) is 4.98 Å². The lowest BCUT2D eigenvalue weighted by Crippen LogP contribution is -1.97. The highest BCUT2D eigenvalue weighted by molar-refractivity contribution is 7.12. The number of hydrogen-bond acceptors (Lipinski definition) is 4. The summed E-state index contributed by atoms with van der Waals surface area (Å²) in [7, 11) is 0. The Morgan fingerprint density at radius 1 is 1.50 bits per heavy atom. The molecule has 0 atom stereocenters. The van der Waals surface area contributed by atoms with E-state index in [1.807, 2.05) is 17.5 Å². The molecule has 2 aromatic heterocycles. The second-order valence-electron chi connectivity index (χ2n) is 2.18. The molecule has 2 heterocycles. The molecule has 0 fully saturated rings. The number of nitrogens with zero attached hydrogens (tertiary/aromatic N) is 1. The Morgan fingerprint density at radius 2 is 2.42 bits per heavy atom. The third kappa shape index (κ3) is 1.31. The monoisotopic (exact) mass is 195 g/mol. The second-order valence-corrected chi connectivity index (χ2v) is 3.85. The number of thiazole rings is 1. The Kier molecular flexibility index (Phi) is 2.01. The van der Waals surface area contributed by atoms with Crippen LogP contribution in [0.5, 0.6) is 0 Å². The zero-order valence-corrected chi connectivity index (χ0v) is 7.69. The number of rotatable bonds is 2. The van der Waals surface area contributed by atoms with Gasteiger partial charge in [0, 0.05) is 5.38 Å². The van der Waals surface area contributed by atoms with Crippen LogP contribution in [0, 0.1) is 0 Å². The molecule has 0 unspecified atom stereocenters. The van der Waals surface area contributed by atoms with Crippen molar-refractivity contribution in [2.45, 2.75) is 0 Å². The van der Waals surface area contributed by atoms with Crippen LogP contribution in [-0.2, 0) is 0 Å². The van der Waals surface area contributed by atoms with Crippen LogP contribution in [-0.4, -0.2) is 10.8 Å². The minimum absolute atomic E-state index is 0.0197. The molecule has 0 spiro atoms. The fourth-order valence-electron chi connectivity index (χ4n) is 0.859. The predicted molar refractivity (Wildman–Crippen MR) is 49.9 cm³/mol. The molecule has 60 valence electrons. The molecule has 12 heavy (non-hydrogen) atoms. The lowest BCUT2D eigenvalue weighted by molar-refractivity contribution is 0.103. The number of carbonyl (C=O) groups is 1. The first-order valence-electron chi connectivity index (χ1n) is 3.34. The number of thiophene rings is 1. The Hall–Kier alpha value is -1.00. The number of ketones is 1. The summed E-state index contributed by atoms with van der Waals surface area (Å²) in [6, 6.07) is 3.68. The van der Waals surface area contributed by atoms with Gasteiger partial charge in [0.15, 0.2) is 0 Å². The van der Waals surface area contributed by atoms with Crippen molar-refractivity contribution in [3.05, 3.63) is 39.0 Å². The normalized spacial score (nSPS) is 10.0. The summed E-state index contributed by atoms with van der Waals surface area (Å²) in [6.07, 6.45) is 0. The average Bonchev–Trinajstić information content (AvgIpc) is 2.77. The van der Waals surface area contributed by atoms with Gasteiger partial charge >= 0.3 is 0 Å². The van der Waals surface area contributed by atoms with E-state index in [1.54, 1.807) is 10.9 Å². The molecule has 0 bridgehead atoms. The lowest BCUT2D eigenvalue weighted by Gasteiger charge is -1.88. The van der Waals surface area contributed by atoms with Crippen LogP contribution < -0.4 is 0 Å². The van der Waals surface area contributed by atoms with Crippen molar-refractivity contribution in [2.75, 3.05) is 0 Å². The molecular formula is C8H5NOS2. The highest BCUT2D eigenvalue weighted by Gasteiger charge is 2.10. The summed E-state index contributed by atoms with van der Waals surface area (Å²) in [5, 5.41) is 3.65. The van der Waals surface area contributed by atoms with Gasteiger partial charge in [-0.15, -0.1) is 22.7 Å². The molecule has 0 aliphatic rings. The number of hydrogen-bond donors (Lipinski definition) is 0. The van der Waals surface area contributed by atoms with Crippen molar-refractivity contribution in [1.29, 1.82) is 0 Å². The summed E-state index contributed by atoms with van der Waals surface area (Å²) < 4.78 is 0. The van der Waals surface area contributed by atoms with E-state index in [4.69, 9.17) is 0 Å². The van der Waals surface area contributed by atoms with Gasteiger partial charge in [0.1, 0.15) is 5.69 Å². The Morgan fingerprint density at radius 3 is 3.00 bits per heavy atom. The maximum Gasteiger partial charge on any atom is 0.222 e. The highest BCUT2D eigenvalue weighted by Crippen LogP contribution is 2.14. The van der Waals surface area contributed by atoms with Gasteiger partial charge < -0.3 is 0 Å². The van der Waals surface area contributed by atoms with E-state index in [2.05, 4.69) is 4.98 Å². The van der Waals surface area contributed by atoms with Crippen molar-refractivity contribution in [2.24, 2.45) is 0 Å². The maximum atomic E-state index is 11.5. The van der Waals surface area contributed by atoms with Crippen LogP contribution in [0.2, 0.25) is 0 Å². The van der Waals surface area contributed by atoms with Crippen LogP contribution in [0.4, 0.5) is 0 Å². The molecule has 2 nitrogen and oxygen atoms in total. The fraction of sp³-hybridized carbons (Fsp3) is 0. The van der Waals surface area contributed by atoms with Gasteiger partial charge in [-0.3, -0.25) is 4.79 Å². The molecule has 0 aliphatic carbocycles. The van der Waals surface area contributed by atoms with Gasteiger partial charge in [-0.05, 0) is 11.4 Å². The highest BCUT2D eigenvalue weighted by atomic mass is 32.1. The van der Waals surface area contributed by atoms with Gasteiger partial charge in [-0.1, -0.05) is 6.07 Å². The third-order valence-electron chi connectivity index (χ3n) is 1.41. The quantitative estimate of drug-likeness (QED) is 0.689. The van der Waals surface area contributed by atoms with Crippen molar-refractivity contribution >= 4 is 28.5 Å². The lowest BCUT2D eigenvalue weighted by atomic mass is 10.3. The average molecular weight is 195 g/mol. The zero-order valence-electron chi connectivity index (χ0n) is 6.06. The van der Waals surface area contributed by atoms with Crippen LogP contribution in [0.1, 0.15) is 15.4 Å². The van der Waals surface area contributed by atoms with E-state index in [-0.39, 0.29) is 5.78 Å². The van der Waals surface area contributed by atoms with E-state index < -0.39 is 0 Å². The van der Waals surface area contributed by atoms with E-state index in [0.717, 1.165) is 4.88 Å². The summed E-state index contributed by atoms with van der Waals surface area (Å²) in [6.45, 7) is 0. The van der Waals surface area contributed by atoms with Gasteiger partial charge in [-0.25, -0.2) is 4.98 Å². The van der Waals surface area contributed by atoms with Crippen LogP contribution in [0.3, 0.4) is 0 Å². The van der Waals surface area contributed by atoms with Crippen LogP contribution in [0.15, 0.2) is 28.4 Å². The molecule has 0 radical (unpaired) electrons. The Balaban J connectivity index is 2.34. The van der Waals surface area contributed by atoms with E-state index in [1.165, 1.54) is 22.7 Å². The zero-order chi connectivity index (χ0) is 8.39. The number of carbonyl (C=O) groups excluding carboxylic acids is 1. The molecule has 2 aromatic rings. The first-order valence-corrected chi connectivity index (χ1v) is 5.16. The summed E-state index contributed by atoms with van der Waals surface area (Å²) in [4.78, 5) is 16.2. The fourth-order valence-corrected chi connectivity index (χ4v) is 2.06. The second kappa shape index (κ2) is 3.16. The predicted octanol–water partition coefficient (Wildman–Crippen LogP) is 2.44. The molecule has 0 saturated heterocycles. The SMILES string of the molecule is O=C(c1cscn1)c1cccs1. The molecule has 0 aliphatic heterocycles. The minimum Gasteiger partial charge on any atom is -0.286 e. The first kappa shape index (κ1) is 7.64. The van der Waals surface area contributed by atoms with Crippen molar-refractivity contribution < 1.29 is 4.79 Å². The summed E-state index contributed by atoms with van der Waals surface area (Å²) >= 11 is 2.88. The Labute approximate surface area is 77.5 Å². The molecular weight excluding hydrogens is 190 g/mol. The molecule has 0 saturated carbocycles. The van der Waals surface area contributed by atoms with E-state index >= 15 is 0 Å². The molecule has 0 N–H and O–H groups in total. The van der Waals surface area contributed by atoms with Crippen LogP contribution >= 0.6 is 22.7 Å². The van der Waals surface area contributed by atoms with E-state index in [9.17, 15) is 4.79 Å². The maximum absolute atomic E-state index is 11.5. The van der Waals surface area contributed by atoms with Gasteiger partial charge in [-0.2, -0.15) is 0 Å². The third-order valence-corrected chi connectivity index (χ3v) is 2.87. The first-order chi connectivity index (χ1) is 5.88. The van der Waals surface area contributed by atoms with E-state index in [0.29, 0.717) is 5.69 Å². The van der Waals surface area contributed by atoms with Crippen molar-refractivity contribution in [3.8, 4) is 0 Å². The van der Waals surface area contributed by atoms with Crippen LogP contribution in [0.25, 0.3) is 0 Å². The van der Waals surface area contributed by atoms with Gasteiger partial charge in [0.2, 0.25) is 5.78 Å². The molecule has 4 heteroatoms. The molecule has 0 amide bonds. The number of aromatic nitrogens is 1. The van der Waals surface area contributed by atoms with Gasteiger partial charge in [0.25, 0.3) is 0 Å². The molecule has 2 rings (SSSR count).